The Labute approximate surface area is 104 Å². The molecule has 1 atom stereocenters. The van der Waals surface area contributed by atoms with Crippen LogP contribution in [0.3, 0.4) is 0 Å². The molecule has 17 heavy (non-hydrogen) atoms. The van der Waals surface area contributed by atoms with Crippen LogP contribution in [0.5, 0.6) is 0 Å². The molecule has 2 heterocycles. The number of nitrogens with one attached hydrogen (secondary N) is 1. The summed E-state index contributed by atoms with van der Waals surface area (Å²) in [5.41, 5.74) is 0.279. The largest absolute Gasteiger partial charge is 0.337 e. The zero-order valence-corrected chi connectivity index (χ0v) is 11.2. The average Bonchev–Trinajstić information content (AvgIpc) is 2.76. The highest BCUT2D eigenvalue weighted by Crippen LogP contribution is 2.18. The predicted molar refractivity (Wildman–Crippen MR) is 70.0 cm³/mol. The van der Waals surface area contributed by atoms with Gasteiger partial charge in [0.2, 0.25) is 0 Å². The van der Waals surface area contributed by atoms with Gasteiger partial charge in [-0.05, 0) is 27.2 Å². The lowest BCUT2D eigenvalue weighted by Gasteiger charge is -2.45. The predicted octanol–water partition coefficient (Wildman–Crippen LogP) is 1.35. The fourth-order valence-corrected chi connectivity index (χ4v) is 2.44. The molecule has 1 aliphatic heterocycles. The topological polar surface area (TPSA) is 33.1 Å². The zero-order valence-electron chi connectivity index (χ0n) is 11.2. The fraction of sp³-hybridized carbons (Fsp3) is 0.769. The van der Waals surface area contributed by atoms with Gasteiger partial charge in [-0.2, -0.15) is 0 Å². The monoisotopic (exact) mass is 236 g/mol. The molecule has 0 aromatic carbocycles. The Kier molecular flexibility index (Phi) is 3.84. The van der Waals surface area contributed by atoms with E-state index in [9.17, 15) is 0 Å². The highest BCUT2D eigenvalue weighted by molar-refractivity contribution is 4.91. The smallest absolute Gasteiger partial charge is 0.0945 e. The van der Waals surface area contributed by atoms with Crippen LogP contribution in [0.25, 0.3) is 0 Å². The molecule has 1 aromatic heterocycles. The SMILES string of the molecule is CC1CN(CCCn2ccnc2)C(C)(C)CN1. The van der Waals surface area contributed by atoms with Crippen molar-refractivity contribution in [3.8, 4) is 0 Å². The van der Waals surface area contributed by atoms with E-state index in [1.165, 1.54) is 6.42 Å². The quantitative estimate of drug-likeness (QED) is 0.856. The molecule has 0 bridgehead atoms. The van der Waals surface area contributed by atoms with E-state index >= 15 is 0 Å². The van der Waals surface area contributed by atoms with Crippen molar-refractivity contribution in [3.05, 3.63) is 18.7 Å². The summed E-state index contributed by atoms with van der Waals surface area (Å²) >= 11 is 0. The third-order valence-corrected chi connectivity index (χ3v) is 3.64. The number of hydrogen-bond donors (Lipinski definition) is 1. The van der Waals surface area contributed by atoms with Crippen LogP contribution in [0.15, 0.2) is 18.7 Å². The maximum absolute atomic E-state index is 4.07. The number of nitrogens with zero attached hydrogens (tertiary/aromatic N) is 3. The molecule has 0 radical (unpaired) electrons. The van der Waals surface area contributed by atoms with Crippen molar-refractivity contribution in [1.29, 1.82) is 0 Å². The summed E-state index contributed by atoms with van der Waals surface area (Å²) in [4.78, 5) is 6.67. The first-order valence-corrected chi connectivity index (χ1v) is 6.52. The van der Waals surface area contributed by atoms with Gasteiger partial charge in [0.25, 0.3) is 0 Å². The summed E-state index contributed by atoms with van der Waals surface area (Å²) < 4.78 is 2.15. The summed E-state index contributed by atoms with van der Waals surface area (Å²) in [5.74, 6) is 0. The third-order valence-electron chi connectivity index (χ3n) is 3.64. The molecular formula is C13H24N4. The summed E-state index contributed by atoms with van der Waals surface area (Å²) in [7, 11) is 0. The van der Waals surface area contributed by atoms with Gasteiger partial charge in [-0.1, -0.05) is 0 Å². The van der Waals surface area contributed by atoms with Gasteiger partial charge >= 0.3 is 0 Å². The molecule has 1 aliphatic rings. The van der Waals surface area contributed by atoms with Crippen molar-refractivity contribution in [1.82, 2.24) is 19.8 Å². The Balaban J connectivity index is 1.80. The number of aryl methyl sites for hydroxylation is 1. The van der Waals surface area contributed by atoms with Gasteiger partial charge in [0.05, 0.1) is 6.33 Å². The first-order valence-electron chi connectivity index (χ1n) is 6.52. The zero-order chi connectivity index (χ0) is 12.3. The van der Waals surface area contributed by atoms with Crippen LogP contribution in [0.1, 0.15) is 27.2 Å². The number of aromatic nitrogens is 2. The molecular weight excluding hydrogens is 212 g/mol. The van der Waals surface area contributed by atoms with Crippen LogP contribution in [-0.4, -0.2) is 45.7 Å². The number of imidazole rings is 1. The van der Waals surface area contributed by atoms with E-state index in [2.05, 4.69) is 40.5 Å². The van der Waals surface area contributed by atoms with Gasteiger partial charge in [-0.25, -0.2) is 4.98 Å². The van der Waals surface area contributed by atoms with Gasteiger partial charge in [-0.15, -0.1) is 0 Å². The van der Waals surface area contributed by atoms with E-state index in [1.807, 2.05) is 18.7 Å². The second-order valence-corrected chi connectivity index (χ2v) is 5.69. The molecule has 0 amide bonds. The maximum atomic E-state index is 4.07. The second kappa shape index (κ2) is 5.19. The molecule has 0 spiro atoms. The minimum absolute atomic E-state index is 0.279. The molecule has 0 saturated carbocycles. The molecule has 4 heteroatoms. The number of rotatable bonds is 4. The summed E-state index contributed by atoms with van der Waals surface area (Å²) in [6.07, 6.45) is 6.96. The lowest BCUT2D eigenvalue weighted by atomic mass is 9.97. The molecule has 96 valence electrons. The first-order chi connectivity index (χ1) is 8.08. The van der Waals surface area contributed by atoms with E-state index in [0.29, 0.717) is 6.04 Å². The maximum Gasteiger partial charge on any atom is 0.0945 e. The molecule has 4 nitrogen and oxygen atoms in total. The Morgan fingerprint density at radius 1 is 1.41 bits per heavy atom. The van der Waals surface area contributed by atoms with Crippen molar-refractivity contribution in [2.24, 2.45) is 0 Å². The van der Waals surface area contributed by atoms with Gasteiger partial charge in [-0.3, -0.25) is 4.90 Å². The Morgan fingerprint density at radius 2 is 2.24 bits per heavy atom. The third kappa shape index (κ3) is 3.30. The van der Waals surface area contributed by atoms with Crippen molar-refractivity contribution >= 4 is 0 Å². The number of hydrogen-bond acceptors (Lipinski definition) is 3. The standard InChI is InChI=1S/C13H24N4/c1-12-9-17(13(2,3)10-15-12)7-4-6-16-8-5-14-11-16/h5,8,11-12,15H,4,6-7,9-10H2,1-3H3. The van der Waals surface area contributed by atoms with Gasteiger partial charge in [0.15, 0.2) is 0 Å². The number of piperazine rings is 1. The Bertz CT molecular complexity index is 331. The van der Waals surface area contributed by atoms with Crippen LogP contribution in [0.2, 0.25) is 0 Å². The highest BCUT2D eigenvalue weighted by Gasteiger charge is 2.31. The van der Waals surface area contributed by atoms with Crippen LogP contribution in [0.4, 0.5) is 0 Å². The van der Waals surface area contributed by atoms with E-state index < -0.39 is 0 Å². The Hall–Kier alpha value is -0.870. The first kappa shape index (κ1) is 12.6. The molecule has 2 rings (SSSR count). The lowest BCUT2D eigenvalue weighted by Crippen LogP contribution is -2.61. The van der Waals surface area contributed by atoms with Crippen molar-refractivity contribution in [2.75, 3.05) is 19.6 Å². The Morgan fingerprint density at radius 3 is 2.94 bits per heavy atom. The van der Waals surface area contributed by atoms with E-state index in [0.717, 1.165) is 26.2 Å². The average molecular weight is 236 g/mol. The van der Waals surface area contributed by atoms with Gasteiger partial charge < -0.3 is 9.88 Å². The lowest BCUT2D eigenvalue weighted by molar-refractivity contribution is 0.0679. The van der Waals surface area contributed by atoms with E-state index in [1.54, 1.807) is 0 Å². The molecule has 1 N–H and O–H groups in total. The molecule has 1 saturated heterocycles. The van der Waals surface area contributed by atoms with Crippen molar-refractivity contribution in [2.45, 2.75) is 45.3 Å². The minimum atomic E-state index is 0.279. The summed E-state index contributed by atoms with van der Waals surface area (Å²) in [6, 6.07) is 0.608. The van der Waals surface area contributed by atoms with Crippen molar-refractivity contribution in [3.63, 3.8) is 0 Å². The molecule has 0 aliphatic carbocycles. The second-order valence-electron chi connectivity index (χ2n) is 5.69. The summed E-state index contributed by atoms with van der Waals surface area (Å²) in [6.45, 7) is 11.4. The van der Waals surface area contributed by atoms with Crippen LogP contribution < -0.4 is 5.32 Å². The van der Waals surface area contributed by atoms with Crippen molar-refractivity contribution < 1.29 is 0 Å². The summed E-state index contributed by atoms with van der Waals surface area (Å²) in [5, 5.41) is 3.55. The van der Waals surface area contributed by atoms with Crippen LogP contribution in [0, 0.1) is 0 Å². The van der Waals surface area contributed by atoms with Crippen LogP contribution in [-0.2, 0) is 6.54 Å². The van der Waals surface area contributed by atoms with E-state index in [-0.39, 0.29) is 5.54 Å². The van der Waals surface area contributed by atoms with E-state index in [4.69, 9.17) is 0 Å². The molecule has 1 aromatic rings. The minimum Gasteiger partial charge on any atom is -0.337 e. The molecule has 1 fully saturated rings. The van der Waals surface area contributed by atoms with Crippen LogP contribution >= 0.6 is 0 Å². The van der Waals surface area contributed by atoms with Gasteiger partial charge in [0.1, 0.15) is 0 Å². The molecule has 1 unspecified atom stereocenters. The fourth-order valence-electron chi connectivity index (χ4n) is 2.44. The van der Waals surface area contributed by atoms with Gasteiger partial charge in [0, 0.05) is 50.2 Å². The normalized spacial score (nSPS) is 25.0. The highest BCUT2D eigenvalue weighted by atomic mass is 15.3.